The molecule has 4 nitrogen and oxygen atoms in total. The number of para-hydroxylation sites is 1. The highest BCUT2D eigenvalue weighted by Crippen LogP contribution is 2.31. The standard InChI is InChI=1S/C14H18N2O2.ClH/c17-13-8-18-11-14(6-7-15-9-14)10-16(13)12-4-2-1-3-5-12;/h1-5,15H,6-11H2;1H. The molecule has 0 radical (unpaired) electrons. The highest BCUT2D eigenvalue weighted by Gasteiger charge is 2.39. The first-order valence-corrected chi connectivity index (χ1v) is 6.43. The van der Waals surface area contributed by atoms with Crippen LogP contribution in [0.4, 0.5) is 5.69 Å². The van der Waals surface area contributed by atoms with Crippen LogP contribution >= 0.6 is 12.4 Å². The van der Waals surface area contributed by atoms with E-state index in [-0.39, 0.29) is 30.3 Å². The molecule has 2 fully saturated rings. The summed E-state index contributed by atoms with van der Waals surface area (Å²) < 4.78 is 5.57. The summed E-state index contributed by atoms with van der Waals surface area (Å²) in [6, 6.07) is 9.87. The van der Waals surface area contributed by atoms with Gasteiger partial charge in [-0.3, -0.25) is 4.79 Å². The molecule has 1 N–H and O–H groups in total. The van der Waals surface area contributed by atoms with Gasteiger partial charge in [-0.25, -0.2) is 0 Å². The lowest BCUT2D eigenvalue weighted by Crippen LogP contribution is -2.42. The summed E-state index contributed by atoms with van der Waals surface area (Å²) in [5.41, 5.74) is 1.06. The van der Waals surface area contributed by atoms with Crippen LogP contribution in [0.3, 0.4) is 0 Å². The largest absolute Gasteiger partial charge is 0.371 e. The first kappa shape index (κ1) is 14.3. The van der Waals surface area contributed by atoms with E-state index in [2.05, 4.69) is 5.32 Å². The number of hydrogen-bond acceptors (Lipinski definition) is 3. The topological polar surface area (TPSA) is 41.6 Å². The minimum absolute atomic E-state index is 0. The Kier molecular flexibility index (Phi) is 4.45. The van der Waals surface area contributed by atoms with Gasteiger partial charge >= 0.3 is 0 Å². The van der Waals surface area contributed by atoms with Crippen LogP contribution in [-0.2, 0) is 9.53 Å². The average molecular weight is 283 g/mol. The zero-order chi connectivity index (χ0) is 12.4. The van der Waals surface area contributed by atoms with Crippen LogP contribution in [0.5, 0.6) is 0 Å². The van der Waals surface area contributed by atoms with Crippen LogP contribution < -0.4 is 10.2 Å². The van der Waals surface area contributed by atoms with Gasteiger partial charge in [0.2, 0.25) is 0 Å². The maximum atomic E-state index is 12.1. The molecule has 0 saturated carbocycles. The van der Waals surface area contributed by atoms with E-state index in [1.807, 2.05) is 35.2 Å². The van der Waals surface area contributed by atoms with E-state index in [0.29, 0.717) is 6.61 Å². The molecule has 1 spiro atoms. The smallest absolute Gasteiger partial charge is 0.252 e. The van der Waals surface area contributed by atoms with Crippen LogP contribution in [0.15, 0.2) is 30.3 Å². The minimum Gasteiger partial charge on any atom is -0.371 e. The predicted molar refractivity (Wildman–Crippen MR) is 76.8 cm³/mol. The second-order valence-corrected chi connectivity index (χ2v) is 5.24. The number of amides is 1. The molecule has 0 aromatic heterocycles. The van der Waals surface area contributed by atoms with E-state index >= 15 is 0 Å². The molecular formula is C14H19ClN2O2. The molecule has 104 valence electrons. The van der Waals surface area contributed by atoms with Crippen LogP contribution in [0, 0.1) is 5.41 Å². The second-order valence-electron chi connectivity index (χ2n) is 5.24. The number of benzene rings is 1. The van der Waals surface area contributed by atoms with Crippen molar-refractivity contribution in [2.75, 3.05) is 37.7 Å². The van der Waals surface area contributed by atoms with Gasteiger partial charge in [0.15, 0.2) is 0 Å². The molecule has 2 saturated heterocycles. The van der Waals surface area contributed by atoms with Crippen molar-refractivity contribution in [3.05, 3.63) is 30.3 Å². The molecule has 1 unspecified atom stereocenters. The maximum Gasteiger partial charge on any atom is 0.252 e. The molecule has 1 amide bonds. The third kappa shape index (κ3) is 2.91. The third-order valence-electron chi connectivity index (χ3n) is 3.83. The lowest BCUT2D eigenvalue weighted by molar-refractivity contribution is -0.122. The van der Waals surface area contributed by atoms with Crippen molar-refractivity contribution in [3.8, 4) is 0 Å². The first-order chi connectivity index (χ1) is 8.79. The Morgan fingerprint density at radius 2 is 2.05 bits per heavy atom. The van der Waals surface area contributed by atoms with Crippen LogP contribution in [0.25, 0.3) is 0 Å². The molecule has 2 aliphatic heterocycles. The molecule has 0 bridgehead atoms. The Hall–Kier alpha value is -1.10. The number of carbonyl (C=O) groups is 1. The van der Waals surface area contributed by atoms with E-state index in [9.17, 15) is 4.79 Å². The summed E-state index contributed by atoms with van der Waals surface area (Å²) >= 11 is 0. The van der Waals surface area contributed by atoms with Crippen molar-refractivity contribution in [1.29, 1.82) is 0 Å². The lowest BCUT2D eigenvalue weighted by Gasteiger charge is -2.31. The Bertz CT molecular complexity index is 432. The van der Waals surface area contributed by atoms with E-state index < -0.39 is 0 Å². The minimum atomic E-state index is 0. The number of nitrogens with zero attached hydrogens (tertiary/aromatic N) is 1. The van der Waals surface area contributed by atoms with Gasteiger partial charge in [-0.05, 0) is 25.1 Å². The SMILES string of the molecule is Cl.O=C1COCC2(CCNC2)CN1c1ccccc1. The van der Waals surface area contributed by atoms with Crippen LogP contribution in [-0.4, -0.2) is 38.8 Å². The molecule has 3 rings (SSSR count). The van der Waals surface area contributed by atoms with Crippen molar-refractivity contribution < 1.29 is 9.53 Å². The van der Waals surface area contributed by atoms with Crippen molar-refractivity contribution in [1.82, 2.24) is 5.32 Å². The van der Waals surface area contributed by atoms with Crippen LogP contribution in [0.1, 0.15) is 6.42 Å². The molecular weight excluding hydrogens is 264 g/mol. The Balaban J connectivity index is 0.00000133. The fraction of sp³-hybridized carbons (Fsp3) is 0.500. The Morgan fingerprint density at radius 3 is 2.74 bits per heavy atom. The van der Waals surface area contributed by atoms with E-state index in [1.165, 1.54) is 0 Å². The maximum absolute atomic E-state index is 12.1. The Labute approximate surface area is 119 Å². The van der Waals surface area contributed by atoms with Gasteiger partial charge in [-0.2, -0.15) is 0 Å². The van der Waals surface area contributed by atoms with Gasteiger partial charge < -0.3 is 15.0 Å². The number of halogens is 1. The number of carbonyl (C=O) groups excluding carboxylic acids is 1. The molecule has 19 heavy (non-hydrogen) atoms. The number of nitrogens with one attached hydrogen (secondary N) is 1. The molecule has 1 aromatic rings. The van der Waals surface area contributed by atoms with Crippen molar-refractivity contribution in [3.63, 3.8) is 0 Å². The molecule has 2 heterocycles. The van der Waals surface area contributed by atoms with Crippen molar-refractivity contribution in [2.45, 2.75) is 6.42 Å². The average Bonchev–Trinajstić information content (AvgIpc) is 2.78. The van der Waals surface area contributed by atoms with Crippen LogP contribution in [0.2, 0.25) is 0 Å². The summed E-state index contributed by atoms with van der Waals surface area (Å²) in [4.78, 5) is 14.0. The zero-order valence-electron chi connectivity index (χ0n) is 10.8. The van der Waals surface area contributed by atoms with Gasteiger partial charge in [0.1, 0.15) is 6.61 Å². The first-order valence-electron chi connectivity index (χ1n) is 6.43. The number of ether oxygens (including phenoxy) is 1. The van der Waals surface area contributed by atoms with Gasteiger partial charge in [-0.15, -0.1) is 12.4 Å². The van der Waals surface area contributed by atoms with Gasteiger partial charge in [0.05, 0.1) is 6.61 Å². The molecule has 1 atom stereocenters. The molecule has 1 aromatic carbocycles. The van der Waals surface area contributed by atoms with E-state index in [4.69, 9.17) is 4.74 Å². The van der Waals surface area contributed by atoms with E-state index in [1.54, 1.807) is 0 Å². The molecule has 0 aliphatic carbocycles. The fourth-order valence-electron chi connectivity index (χ4n) is 2.80. The lowest BCUT2D eigenvalue weighted by atomic mass is 9.87. The van der Waals surface area contributed by atoms with Crippen molar-refractivity contribution >= 4 is 24.0 Å². The Morgan fingerprint density at radius 1 is 1.26 bits per heavy atom. The monoisotopic (exact) mass is 282 g/mol. The molecule has 5 heteroatoms. The van der Waals surface area contributed by atoms with E-state index in [0.717, 1.165) is 31.7 Å². The molecule has 2 aliphatic rings. The summed E-state index contributed by atoms with van der Waals surface area (Å²) in [6.07, 6.45) is 1.07. The highest BCUT2D eigenvalue weighted by molar-refractivity contribution is 5.94. The zero-order valence-corrected chi connectivity index (χ0v) is 11.6. The summed E-state index contributed by atoms with van der Waals surface area (Å²) in [5.74, 6) is 0.0602. The normalized spacial score (nSPS) is 27.2. The third-order valence-corrected chi connectivity index (χ3v) is 3.83. The highest BCUT2D eigenvalue weighted by atomic mass is 35.5. The number of hydrogen-bond donors (Lipinski definition) is 1. The van der Waals surface area contributed by atoms with Gasteiger partial charge in [-0.1, -0.05) is 18.2 Å². The predicted octanol–water partition coefficient (Wildman–Crippen LogP) is 1.45. The summed E-state index contributed by atoms with van der Waals surface area (Å²) in [6.45, 7) is 3.57. The number of anilines is 1. The second kappa shape index (κ2) is 5.90. The summed E-state index contributed by atoms with van der Waals surface area (Å²) in [5, 5.41) is 3.38. The number of rotatable bonds is 1. The quantitative estimate of drug-likeness (QED) is 0.848. The van der Waals surface area contributed by atoms with Gasteiger partial charge in [0, 0.05) is 24.2 Å². The summed E-state index contributed by atoms with van der Waals surface area (Å²) in [7, 11) is 0. The van der Waals surface area contributed by atoms with Gasteiger partial charge in [0.25, 0.3) is 5.91 Å². The van der Waals surface area contributed by atoms with Crippen molar-refractivity contribution in [2.24, 2.45) is 5.41 Å². The fourth-order valence-corrected chi connectivity index (χ4v) is 2.80.